The Morgan fingerprint density at radius 1 is 0.500 bits per heavy atom. The van der Waals surface area contributed by atoms with Crippen LogP contribution in [0.5, 0.6) is 0 Å². The molecule has 0 amide bonds. The van der Waals surface area contributed by atoms with Gasteiger partial charge in [-0.1, -0.05) is 0 Å². The Labute approximate surface area is 59.5 Å². The Morgan fingerprint density at radius 2 is 0.500 bits per heavy atom. The first-order valence-electron chi connectivity index (χ1n) is 0. The molecule has 0 aliphatic rings. The fraction of sp³-hybridized carbons (Fsp3) is 0. The van der Waals surface area contributed by atoms with Gasteiger partial charge in [0.2, 0.25) is 0 Å². The van der Waals surface area contributed by atoms with E-state index in [0.717, 1.165) is 0 Å². The minimum Gasteiger partial charge on any atom is -1.00 e. The second kappa shape index (κ2) is 23.2. The summed E-state index contributed by atoms with van der Waals surface area (Å²) in [4.78, 5) is 0. The monoisotopic (exact) mass is 198 g/mol. The first-order chi connectivity index (χ1) is 0. The van der Waals surface area contributed by atoms with Crippen LogP contribution in [0.25, 0.3) is 0 Å². The number of halogens is 3. The van der Waals surface area contributed by atoms with E-state index in [1.165, 1.54) is 0 Å². The predicted molar refractivity (Wildman–Crippen MR) is 0 cm³/mol. The van der Waals surface area contributed by atoms with Gasteiger partial charge in [-0.2, -0.15) is 0 Å². The number of hydrogen-bond acceptors (Lipinski definition) is 0. The summed E-state index contributed by atoms with van der Waals surface area (Å²) in [5.41, 5.74) is 0. The van der Waals surface area contributed by atoms with Crippen LogP contribution in [-0.2, 0) is 22.4 Å². The molecule has 0 unspecified atom stereocenters. The topological polar surface area (TPSA) is 0 Å². The van der Waals surface area contributed by atoms with Crippen molar-refractivity contribution >= 4 is 0 Å². The van der Waals surface area contributed by atoms with Crippen LogP contribution in [0.3, 0.4) is 0 Å². The molecule has 4 heavy (non-hydrogen) atoms. The third kappa shape index (κ3) is 9.49. The van der Waals surface area contributed by atoms with Crippen LogP contribution in [0.1, 0.15) is 0 Å². The van der Waals surface area contributed by atoms with Gasteiger partial charge in [0.15, 0.2) is 0 Å². The van der Waals surface area contributed by atoms with Gasteiger partial charge in [0.25, 0.3) is 0 Å². The van der Waals surface area contributed by atoms with Gasteiger partial charge in [0, 0.05) is 0 Å². The molecule has 0 aliphatic heterocycles. The van der Waals surface area contributed by atoms with Crippen LogP contribution in [0, 0.1) is 0 Å². The molecule has 0 heterocycles. The Hall–Kier alpha value is 1.61. The van der Waals surface area contributed by atoms with Gasteiger partial charge in [-0.05, 0) is 0 Å². The Kier molecular flexibility index (Phi) is 266. The molecule has 1 radical (unpaired) electrons. The van der Waals surface area contributed by atoms with Crippen molar-refractivity contribution in [2.24, 2.45) is 0 Å². The van der Waals surface area contributed by atoms with E-state index < -0.39 is 0 Å². The van der Waals surface area contributed by atoms with Gasteiger partial charge in [-0.3, -0.25) is 0 Å². The summed E-state index contributed by atoms with van der Waals surface area (Å²) < 4.78 is 0. The second-order valence-corrected chi connectivity index (χ2v) is 0. The van der Waals surface area contributed by atoms with Gasteiger partial charge >= 0.3 is 22.4 Å². The maximum absolute atomic E-state index is 0. The Morgan fingerprint density at radius 3 is 0.500 bits per heavy atom. The Bertz CT molecular complexity index is 3.25. The van der Waals surface area contributed by atoms with Crippen molar-refractivity contribution in [1.29, 1.82) is 0 Å². The smallest absolute Gasteiger partial charge is 1.00 e. The summed E-state index contributed by atoms with van der Waals surface area (Å²) in [7, 11) is 0. The molecule has 0 rings (SSSR count). The van der Waals surface area contributed by atoms with E-state index in [0.29, 0.717) is 0 Å². The summed E-state index contributed by atoms with van der Waals surface area (Å²) in [5, 5.41) is 0. The van der Waals surface area contributed by atoms with Gasteiger partial charge in [-0.25, -0.2) is 0 Å². The van der Waals surface area contributed by atoms with Crippen molar-refractivity contribution in [3.63, 3.8) is 0 Å². The predicted octanol–water partition coefficient (Wildman–Crippen LogP) is -8.99. The minimum atomic E-state index is 0. The van der Waals surface area contributed by atoms with Crippen LogP contribution in [0.2, 0.25) is 0 Å². The van der Waals surface area contributed by atoms with Crippen molar-refractivity contribution in [3.05, 3.63) is 0 Å². The maximum Gasteiger partial charge on any atom is 2.00 e. The molecule has 27 valence electrons. The SMILES string of the molecule is [Cl-].[Cl-].[Cl-].[Nb+2]. The summed E-state index contributed by atoms with van der Waals surface area (Å²) in [6.45, 7) is 0. The van der Waals surface area contributed by atoms with Gasteiger partial charge in [0.05, 0.1) is 0 Å². The van der Waals surface area contributed by atoms with Crippen molar-refractivity contribution < 1.29 is 59.6 Å². The molecular weight excluding hydrogens is 199 g/mol. The van der Waals surface area contributed by atoms with E-state index in [1.807, 2.05) is 0 Å². The zero-order valence-electron chi connectivity index (χ0n) is 1.58. The normalized spacial score (nSPS) is 0. The van der Waals surface area contributed by atoms with Crippen LogP contribution < -0.4 is 37.2 Å². The van der Waals surface area contributed by atoms with Crippen LogP contribution in [0.4, 0.5) is 0 Å². The van der Waals surface area contributed by atoms with E-state index in [4.69, 9.17) is 0 Å². The molecule has 0 aromatic rings. The van der Waals surface area contributed by atoms with E-state index in [9.17, 15) is 0 Å². The zero-order chi connectivity index (χ0) is 0. The summed E-state index contributed by atoms with van der Waals surface area (Å²) in [5.74, 6) is 0. The summed E-state index contributed by atoms with van der Waals surface area (Å²) in [6.07, 6.45) is 0. The molecule has 0 aromatic heterocycles. The molecular formula is Cl3Nb-. The molecule has 0 fully saturated rings. The fourth-order valence-electron chi connectivity index (χ4n) is 0. The zero-order valence-corrected chi connectivity index (χ0v) is 6.05. The quantitative estimate of drug-likeness (QED) is 0.340. The molecule has 0 saturated carbocycles. The molecule has 0 atom stereocenters. The van der Waals surface area contributed by atoms with E-state index in [-0.39, 0.29) is 59.6 Å². The maximum atomic E-state index is 0. The summed E-state index contributed by atoms with van der Waals surface area (Å²) in [6, 6.07) is 0. The third-order valence-corrected chi connectivity index (χ3v) is 0. The average molecular weight is 199 g/mol. The minimum absolute atomic E-state index is 0. The van der Waals surface area contributed by atoms with Crippen molar-refractivity contribution in [1.82, 2.24) is 0 Å². The Balaban J connectivity index is 0. The largest absolute Gasteiger partial charge is 2.00 e. The molecule has 0 nitrogen and oxygen atoms in total. The third-order valence-electron chi connectivity index (χ3n) is 0. The van der Waals surface area contributed by atoms with Crippen molar-refractivity contribution in [2.45, 2.75) is 0 Å². The van der Waals surface area contributed by atoms with Crippen molar-refractivity contribution in [3.8, 4) is 0 Å². The van der Waals surface area contributed by atoms with E-state index >= 15 is 0 Å². The average Bonchev–Trinajstić information content (AvgIpc) is 0. The van der Waals surface area contributed by atoms with Crippen LogP contribution in [0.15, 0.2) is 0 Å². The van der Waals surface area contributed by atoms with Crippen LogP contribution >= 0.6 is 0 Å². The number of rotatable bonds is 0. The number of hydrogen-bond donors (Lipinski definition) is 0. The second-order valence-electron chi connectivity index (χ2n) is 0. The van der Waals surface area contributed by atoms with Gasteiger partial charge in [-0.15, -0.1) is 0 Å². The van der Waals surface area contributed by atoms with E-state index in [2.05, 4.69) is 0 Å². The van der Waals surface area contributed by atoms with Crippen molar-refractivity contribution in [2.75, 3.05) is 0 Å². The standard InChI is InChI=1S/3ClH.Nb/h3*1H;/q;;;+2/p-3. The molecule has 0 aromatic carbocycles. The molecule has 0 saturated heterocycles. The first-order valence-corrected chi connectivity index (χ1v) is 0. The van der Waals surface area contributed by atoms with Gasteiger partial charge in [0.1, 0.15) is 0 Å². The summed E-state index contributed by atoms with van der Waals surface area (Å²) >= 11 is 0. The molecule has 0 aliphatic carbocycles. The first kappa shape index (κ1) is 46.0. The van der Waals surface area contributed by atoms with Crippen LogP contribution in [-0.4, -0.2) is 0 Å². The molecule has 0 N–H and O–H groups in total. The molecule has 0 bridgehead atoms. The fourth-order valence-corrected chi connectivity index (χ4v) is 0. The molecule has 4 heteroatoms. The van der Waals surface area contributed by atoms with Gasteiger partial charge < -0.3 is 37.2 Å². The molecule has 0 spiro atoms. The van der Waals surface area contributed by atoms with E-state index in [1.54, 1.807) is 0 Å².